The summed E-state index contributed by atoms with van der Waals surface area (Å²) in [5.41, 5.74) is 0.946. The van der Waals surface area contributed by atoms with Crippen LogP contribution in [0.25, 0.3) is 0 Å². The van der Waals surface area contributed by atoms with Crippen molar-refractivity contribution >= 4 is 23.6 Å². The number of aromatic nitrogens is 2. The Morgan fingerprint density at radius 3 is 2.61 bits per heavy atom. The van der Waals surface area contributed by atoms with E-state index < -0.39 is 47.6 Å². The standard InChI is InChI=1S/C29H33FN6O5/c1-17(2)24-28(40)34-22(12-18-8-4-3-5-9-18)29-35-23(16-41-29)26(38)32-11-7-6-10-21(27(39)36-24)33-25(37)19-13-20(30)15-31-14-19/h3-5,8-9,13-17,21-22,24H,6-7,10-12H2,1-2H3,(H,32,38)(H,33,37)(H,34,40)(H,36,39)/t21-,22+,24-/m0/s1. The highest BCUT2D eigenvalue weighted by Crippen LogP contribution is 2.20. The molecule has 0 fully saturated rings. The van der Waals surface area contributed by atoms with Gasteiger partial charge in [0, 0.05) is 19.2 Å². The van der Waals surface area contributed by atoms with E-state index in [-0.39, 0.29) is 29.5 Å². The molecule has 1 aliphatic rings. The second kappa shape index (κ2) is 13.6. The number of benzene rings is 1. The third kappa shape index (κ3) is 7.96. The molecule has 2 bridgehead atoms. The van der Waals surface area contributed by atoms with Crippen molar-refractivity contribution in [2.24, 2.45) is 5.92 Å². The molecule has 3 heterocycles. The van der Waals surface area contributed by atoms with E-state index in [9.17, 15) is 23.6 Å². The van der Waals surface area contributed by atoms with Gasteiger partial charge in [0.05, 0.1) is 11.8 Å². The quantitative estimate of drug-likeness (QED) is 0.371. The van der Waals surface area contributed by atoms with Crippen LogP contribution in [0.15, 0.2) is 59.5 Å². The molecule has 11 nitrogen and oxygen atoms in total. The first-order valence-electron chi connectivity index (χ1n) is 13.5. The number of pyridine rings is 1. The van der Waals surface area contributed by atoms with Crippen LogP contribution in [0.5, 0.6) is 0 Å². The first-order chi connectivity index (χ1) is 19.7. The predicted molar refractivity (Wildman–Crippen MR) is 146 cm³/mol. The number of nitrogens with zero attached hydrogens (tertiary/aromatic N) is 2. The van der Waals surface area contributed by atoms with Gasteiger partial charge < -0.3 is 25.7 Å². The van der Waals surface area contributed by atoms with Crippen molar-refractivity contribution in [3.8, 4) is 0 Å². The minimum Gasteiger partial charge on any atom is -0.446 e. The Hall–Kier alpha value is -4.61. The Bertz CT molecular complexity index is 1380. The lowest BCUT2D eigenvalue weighted by molar-refractivity contribution is -0.131. The molecular formula is C29H33FN6O5. The number of halogens is 1. The minimum atomic E-state index is -1.02. The van der Waals surface area contributed by atoms with E-state index in [1.54, 1.807) is 13.8 Å². The SMILES string of the molecule is CC(C)[C@@H]1NC(=O)[C@@H](NC(=O)c2cncc(F)c2)CCCCNC(=O)c2coc(n2)[C@@H](Cc2ccccc2)NC1=O. The fraction of sp³-hybridized carbons (Fsp3) is 0.379. The third-order valence-electron chi connectivity index (χ3n) is 6.69. The molecule has 0 radical (unpaired) electrons. The van der Waals surface area contributed by atoms with Crippen molar-refractivity contribution in [2.75, 3.05) is 6.54 Å². The number of oxazole rings is 1. The average Bonchev–Trinajstić information content (AvgIpc) is 3.45. The van der Waals surface area contributed by atoms with Crippen LogP contribution < -0.4 is 21.3 Å². The first kappa shape index (κ1) is 29.4. The molecule has 3 atom stereocenters. The maximum Gasteiger partial charge on any atom is 0.273 e. The molecule has 4 amide bonds. The molecule has 216 valence electrons. The van der Waals surface area contributed by atoms with Gasteiger partial charge in [-0.2, -0.15) is 0 Å². The van der Waals surface area contributed by atoms with E-state index >= 15 is 0 Å². The van der Waals surface area contributed by atoms with Crippen molar-refractivity contribution in [2.45, 2.75) is 57.7 Å². The van der Waals surface area contributed by atoms with Crippen LogP contribution in [-0.2, 0) is 16.0 Å². The van der Waals surface area contributed by atoms with Crippen LogP contribution in [0, 0.1) is 11.7 Å². The summed E-state index contributed by atoms with van der Waals surface area (Å²) in [5.74, 6) is -3.00. The van der Waals surface area contributed by atoms with Gasteiger partial charge in [-0.25, -0.2) is 9.37 Å². The summed E-state index contributed by atoms with van der Waals surface area (Å²) in [6.45, 7) is 3.87. The summed E-state index contributed by atoms with van der Waals surface area (Å²) in [5, 5.41) is 11.1. The molecule has 41 heavy (non-hydrogen) atoms. The van der Waals surface area contributed by atoms with Crippen molar-refractivity contribution in [1.29, 1.82) is 0 Å². The Balaban J connectivity index is 1.60. The summed E-state index contributed by atoms with van der Waals surface area (Å²) in [6.07, 6.45) is 4.93. The fourth-order valence-corrected chi connectivity index (χ4v) is 4.46. The van der Waals surface area contributed by atoms with Crippen LogP contribution in [0.3, 0.4) is 0 Å². The van der Waals surface area contributed by atoms with Crippen LogP contribution in [0.1, 0.15) is 71.5 Å². The molecule has 0 saturated heterocycles. The molecular weight excluding hydrogens is 531 g/mol. The molecule has 4 N–H and O–H groups in total. The number of nitrogens with one attached hydrogen (secondary N) is 4. The van der Waals surface area contributed by atoms with Crippen molar-refractivity contribution in [3.63, 3.8) is 0 Å². The smallest absolute Gasteiger partial charge is 0.273 e. The lowest BCUT2D eigenvalue weighted by atomic mass is 10.00. The number of carbonyl (C=O) groups excluding carboxylic acids is 4. The predicted octanol–water partition coefficient (Wildman–Crippen LogP) is 2.46. The van der Waals surface area contributed by atoms with E-state index in [0.29, 0.717) is 25.8 Å². The topological polar surface area (TPSA) is 155 Å². The van der Waals surface area contributed by atoms with Gasteiger partial charge in [-0.3, -0.25) is 24.2 Å². The molecule has 1 aliphatic heterocycles. The van der Waals surface area contributed by atoms with E-state index in [2.05, 4.69) is 31.2 Å². The second-order valence-electron chi connectivity index (χ2n) is 10.2. The van der Waals surface area contributed by atoms with E-state index in [0.717, 1.165) is 17.8 Å². The zero-order valence-corrected chi connectivity index (χ0v) is 22.9. The largest absolute Gasteiger partial charge is 0.446 e. The zero-order valence-electron chi connectivity index (χ0n) is 22.9. The summed E-state index contributed by atoms with van der Waals surface area (Å²) in [7, 11) is 0. The van der Waals surface area contributed by atoms with Gasteiger partial charge in [-0.1, -0.05) is 44.2 Å². The second-order valence-corrected chi connectivity index (χ2v) is 10.2. The fourth-order valence-electron chi connectivity index (χ4n) is 4.46. The average molecular weight is 565 g/mol. The maximum absolute atomic E-state index is 13.6. The molecule has 0 unspecified atom stereocenters. The Morgan fingerprint density at radius 1 is 1.10 bits per heavy atom. The lowest BCUT2D eigenvalue weighted by Crippen LogP contribution is -2.56. The van der Waals surface area contributed by atoms with Crippen molar-refractivity contribution in [3.05, 3.63) is 83.6 Å². The van der Waals surface area contributed by atoms with Gasteiger partial charge in [0.15, 0.2) is 5.69 Å². The maximum atomic E-state index is 13.6. The number of rotatable bonds is 5. The lowest BCUT2D eigenvalue weighted by Gasteiger charge is -2.27. The Labute approximate surface area is 236 Å². The molecule has 12 heteroatoms. The molecule has 4 rings (SSSR count). The van der Waals surface area contributed by atoms with Gasteiger partial charge in [0.2, 0.25) is 17.7 Å². The normalized spacial score (nSPS) is 20.6. The summed E-state index contributed by atoms with van der Waals surface area (Å²) >= 11 is 0. The highest BCUT2D eigenvalue weighted by atomic mass is 19.1. The van der Waals surface area contributed by atoms with E-state index in [1.165, 1.54) is 12.5 Å². The van der Waals surface area contributed by atoms with E-state index in [1.807, 2.05) is 30.3 Å². The Kier molecular flexibility index (Phi) is 9.77. The van der Waals surface area contributed by atoms with Crippen LogP contribution in [0.4, 0.5) is 4.39 Å². The molecule has 3 aromatic rings. The summed E-state index contributed by atoms with van der Waals surface area (Å²) in [4.78, 5) is 60.5. The van der Waals surface area contributed by atoms with Crippen molar-refractivity contribution < 1.29 is 28.0 Å². The summed E-state index contributed by atoms with van der Waals surface area (Å²) < 4.78 is 19.3. The van der Waals surface area contributed by atoms with Crippen LogP contribution in [0.2, 0.25) is 0 Å². The van der Waals surface area contributed by atoms with Crippen molar-refractivity contribution in [1.82, 2.24) is 31.2 Å². The molecule has 1 aromatic carbocycles. The highest BCUT2D eigenvalue weighted by Gasteiger charge is 2.32. The molecule has 0 spiro atoms. The van der Waals surface area contributed by atoms with Gasteiger partial charge in [0.1, 0.15) is 30.2 Å². The van der Waals surface area contributed by atoms with E-state index in [4.69, 9.17) is 4.42 Å². The summed E-state index contributed by atoms with van der Waals surface area (Å²) in [6, 6.07) is 7.72. The Morgan fingerprint density at radius 2 is 1.88 bits per heavy atom. The van der Waals surface area contributed by atoms with Gasteiger partial charge >= 0.3 is 0 Å². The van der Waals surface area contributed by atoms with Gasteiger partial charge in [-0.05, 0) is 36.8 Å². The molecule has 2 aromatic heterocycles. The number of amides is 4. The molecule has 0 aliphatic carbocycles. The number of hydrogen-bond acceptors (Lipinski definition) is 7. The third-order valence-corrected chi connectivity index (χ3v) is 6.69. The monoisotopic (exact) mass is 564 g/mol. The van der Waals surface area contributed by atoms with Crippen LogP contribution >= 0.6 is 0 Å². The number of fused-ring (bicyclic) bond motifs is 2. The van der Waals surface area contributed by atoms with Gasteiger partial charge in [0.25, 0.3) is 11.8 Å². The number of carbonyl (C=O) groups is 4. The number of hydrogen-bond donors (Lipinski definition) is 4. The minimum absolute atomic E-state index is 0.0383. The zero-order chi connectivity index (χ0) is 29.4. The van der Waals surface area contributed by atoms with Crippen LogP contribution in [-0.4, -0.2) is 52.2 Å². The highest BCUT2D eigenvalue weighted by molar-refractivity contribution is 5.98. The first-order valence-corrected chi connectivity index (χ1v) is 13.5. The molecule has 0 saturated carbocycles. The van der Waals surface area contributed by atoms with Gasteiger partial charge in [-0.15, -0.1) is 0 Å².